The third-order valence-corrected chi connectivity index (χ3v) is 6.01. The van der Waals surface area contributed by atoms with E-state index in [1.807, 2.05) is 0 Å². The van der Waals surface area contributed by atoms with Crippen LogP contribution >= 0.6 is 11.3 Å². The van der Waals surface area contributed by atoms with E-state index in [0.717, 1.165) is 35.4 Å². The van der Waals surface area contributed by atoms with E-state index in [4.69, 9.17) is 4.74 Å². The van der Waals surface area contributed by atoms with E-state index in [2.05, 4.69) is 17.6 Å². The fraction of sp³-hybridized carbons (Fsp3) is 0.389. The number of amides is 1. The van der Waals surface area contributed by atoms with Crippen molar-refractivity contribution in [1.29, 1.82) is 0 Å². The summed E-state index contributed by atoms with van der Waals surface area (Å²) in [5.41, 5.74) is 2.90. The molecule has 24 heavy (non-hydrogen) atoms. The van der Waals surface area contributed by atoms with Gasteiger partial charge in [0.25, 0.3) is 5.91 Å². The Bertz CT molecular complexity index is 815. The number of anilines is 1. The molecule has 1 amide bonds. The Morgan fingerprint density at radius 3 is 2.96 bits per heavy atom. The number of ether oxygens (including phenoxy) is 1. The van der Waals surface area contributed by atoms with Crippen molar-refractivity contribution in [2.45, 2.75) is 32.4 Å². The Kier molecular flexibility index (Phi) is 3.64. The zero-order chi connectivity index (χ0) is 16.8. The summed E-state index contributed by atoms with van der Waals surface area (Å²) in [7, 11) is 1.51. The fourth-order valence-electron chi connectivity index (χ4n) is 3.50. The summed E-state index contributed by atoms with van der Waals surface area (Å²) in [6.07, 6.45) is 2.86. The van der Waals surface area contributed by atoms with Crippen LogP contribution < -0.4 is 15.4 Å². The molecule has 0 unspecified atom stereocenters. The van der Waals surface area contributed by atoms with Gasteiger partial charge in [0.15, 0.2) is 11.5 Å². The second kappa shape index (κ2) is 5.70. The Labute approximate surface area is 144 Å². The smallest absolute Gasteiger partial charge is 0.256 e. The highest BCUT2D eigenvalue weighted by Crippen LogP contribution is 2.43. The maximum atomic E-state index is 12.7. The Hall–Kier alpha value is -2.21. The number of aromatic hydroxyl groups is 1. The van der Waals surface area contributed by atoms with E-state index in [0.29, 0.717) is 11.7 Å². The molecule has 1 aliphatic carbocycles. The average Bonchev–Trinajstić information content (AvgIpc) is 2.92. The summed E-state index contributed by atoms with van der Waals surface area (Å²) in [4.78, 5) is 14.0. The van der Waals surface area contributed by atoms with E-state index in [1.54, 1.807) is 29.5 Å². The van der Waals surface area contributed by atoms with Crippen molar-refractivity contribution in [1.82, 2.24) is 5.32 Å². The molecule has 2 aromatic rings. The summed E-state index contributed by atoms with van der Waals surface area (Å²) >= 11 is 1.70. The number of thiophene rings is 1. The summed E-state index contributed by atoms with van der Waals surface area (Å²) in [6, 6.07) is 5.11. The molecule has 4 rings (SSSR count). The van der Waals surface area contributed by atoms with Gasteiger partial charge in [-0.05, 0) is 48.4 Å². The minimum atomic E-state index is -0.322. The van der Waals surface area contributed by atoms with Crippen LogP contribution in [0.3, 0.4) is 0 Å². The summed E-state index contributed by atoms with van der Waals surface area (Å²) < 4.78 is 5.16. The monoisotopic (exact) mass is 344 g/mol. The lowest BCUT2D eigenvalue weighted by atomic mass is 9.88. The first kappa shape index (κ1) is 15.3. The number of benzene rings is 1. The quantitative estimate of drug-likeness (QED) is 0.780. The molecule has 0 bridgehead atoms. The highest BCUT2D eigenvalue weighted by atomic mass is 32.1. The van der Waals surface area contributed by atoms with Crippen molar-refractivity contribution in [2.75, 3.05) is 12.4 Å². The molecule has 126 valence electrons. The highest BCUT2D eigenvalue weighted by molar-refractivity contribution is 7.16. The van der Waals surface area contributed by atoms with Gasteiger partial charge in [0.2, 0.25) is 0 Å². The summed E-state index contributed by atoms with van der Waals surface area (Å²) in [5.74, 6) is 1.14. The number of phenolic OH excluding ortho intramolecular Hbond substituents is 1. The topological polar surface area (TPSA) is 70.6 Å². The number of rotatable bonds is 2. The molecule has 0 spiro atoms. The van der Waals surface area contributed by atoms with Gasteiger partial charge >= 0.3 is 0 Å². The fourth-order valence-corrected chi connectivity index (χ4v) is 4.94. The number of hydrogen-bond donors (Lipinski definition) is 3. The van der Waals surface area contributed by atoms with Crippen molar-refractivity contribution in [3.63, 3.8) is 0 Å². The van der Waals surface area contributed by atoms with Crippen LogP contribution in [0.4, 0.5) is 5.00 Å². The molecule has 0 radical (unpaired) electrons. The number of hydrogen-bond acceptors (Lipinski definition) is 5. The molecule has 0 fully saturated rings. The molecule has 1 aromatic carbocycles. The van der Waals surface area contributed by atoms with Crippen molar-refractivity contribution in [3.05, 3.63) is 39.8 Å². The van der Waals surface area contributed by atoms with Crippen molar-refractivity contribution < 1.29 is 14.6 Å². The molecule has 1 aliphatic heterocycles. The number of phenols is 1. The summed E-state index contributed by atoms with van der Waals surface area (Å²) in [5, 5.41) is 17.2. The molecule has 2 aliphatic rings. The highest BCUT2D eigenvalue weighted by Gasteiger charge is 2.33. The average molecular weight is 344 g/mol. The maximum absolute atomic E-state index is 12.7. The molecule has 5 nitrogen and oxygen atoms in total. The standard InChI is InChI=1S/C18H20N2O3S/c1-9-3-5-11-14(7-9)24-18-15(11)17(22)19-16(20-18)10-4-6-12(21)13(8-10)23-2/h4,6,8-9,16,20-21H,3,5,7H2,1-2H3,(H,19,22)/t9-,16-/m0/s1. The number of fused-ring (bicyclic) bond motifs is 3. The molecule has 6 heteroatoms. The van der Waals surface area contributed by atoms with Gasteiger partial charge in [-0.2, -0.15) is 0 Å². The number of nitrogens with one attached hydrogen (secondary N) is 2. The van der Waals surface area contributed by atoms with Gasteiger partial charge in [-0.25, -0.2) is 0 Å². The Balaban J connectivity index is 1.68. The van der Waals surface area contributed by atoms with Gasteiger partial charge < -0.3 is 20.5 Å². The van der Waals surface area contributed by atoms with Crippen molar-refractivity contribution in [2.24, 2.45) is 5.92 Å². The third kappa shape index (κ3) is 2.41. The zero-order valence-corrected chi connectivity index (χ0v) is 14.5. The predicted octanol–water partition coefficient (Wildman–Crippen LogP) is 3.44. The van der Waals surface area contributed by atoms with E-state index in [9.17, 15) is 9.90 Å². The Morgan fingerprint density at radius 2 is 2.17 bits per heavy atom. The lowest BCUT2D eigenvalue weighted by Gasteiger charge is -2.27. The van der Waals surface area contributed by atoms with Crippen LogP contribution in [0.15, 0.2) is 18.2 Å². The second-order valence-electron chi connectivity index (χ2n) is 6.54. The molecule has 2 atom stereocenters. The van der Waals surface area contributed by atoms with E-state index >= 15 is 0 Å². The van der Waals surface area contributed by atoms with Gasteiger partial charge in [0, 0.05) is 4.88 Å². The number of carbonyl (C=O) groups is 1. The van der Waals surface area contributed by atoms with Gasteiger partial charge in [-0.3, -0.25) is 4.79 Å². The van der Waals surface area contributed by atoms with Gasteiger partial charge in [0.1, 0.15) is 11.2 Å². The Morgan fingerprint density at radius 1 is 1.33 bits per heavy atom. The summed E-state index contributed by atoms with van der Waals surface area (Å²) in [6.45, 7) is 2.26. The zero-order valence-electron chi connectivity index (χ0n) is 13.7. The first-order chi connectivity index (χ1) is 11.6. The van der Waals surface area contributed by atoms with Gasteiger partial charge in [0.05, 0.1) is 12.7 Å². The number of methoxy groups -OCH3 is 1. The molecule has 0 saturated carbocycles. The minimum absolute atomic E-state index is 0.0205. The van der Waals surface area contributed by atoms with Crippen molar-refractivity contribution in [3.8, 4) is 11.5 Å². The number of carbonyl (C=O) groups excluding carboxylic acids is 1. The molecule has 3 N–H and O–H groups in total. The van der Waals surface area contributed by atoms with Crippen LogP contribution in [0, 0.1) is 5.92 Å². The second-order valence-corrected chi connectivity index (χ2v) is 7.64. The first-order valence-corrected chi connectivity index (χ1v) is 8.97. The molecule has 2 heterocycles. The van der Waals surface area contributed by atoms with Gasteiger partial charge in [-0.15, -0.1) is 11.3 Å². The third-order valence-electron chi connectivity index (χ3n) is 4.83. The van der Waals surface area contributed by atoms with Crippen LogP contribution in [-0.4, -0.2) is 18.1 Å². The maximum Gasteiger partial charge on any atom is 0.256 e. The largest absolute Gasteiger partial charge is 0.504 e. The predicted molar refractivity (Wildman–Crippen MR) is 94.0 cm³/mol. The molecular formula is C18H20N2O3S. The molecule has 1 aromatic heterocycles. The van der Waals surface area contributed by atoms with Crippen LogP contribution in [0.1, 0.15) is 45.9 Å². The minimum Gasteiger partial charge on any atom is -0.504 e. The SMILES string of the molecule is COc1cc([C@H]2NC(=O)c3c(sc4c3CC[C@H](C)C4)N2)ccc1O. The lowest BCUT2D eigenvalue weighted by Crippen LogP contribution is -2.38. The van der Waals surface area contributed by atoms with Gasteiger partial charge in [-0.1, -0.05) is 13.0 Å². The van der Waals surface area contributed by atoms with Crippen molar-refractivity contribution >= 4 is 22.2 Å². The van der Waals surface area contributed by atoms with E-state index in [1.165, 1.54) is 17.6 Å². The van der Waals surface area contributed by atoms with Crippen LogP contribution in [0.5, 0.6) is 11.5 Å². The first-order valence-electron chi connectivity index (χ1n) is 8.15. The van der Waals surface area contributed by atoms with E-state index < -0.39 is 0 Å². The van der Waals surface area contributed by atoms with Crippen LogP contribution in [0.25, 0.3) is 0 Å². The lowest BCUT2D eigenvalue weighted by molar-refractivity contribution is 0.0935. The van der Waals surface area contributed by atoms with Crippen LogP contribution in [0.2, 0.25) is 0 Å². The van der Waals surface area contributed by atoms with E-state index in [-0.39, 0.29) is 17.8 Å². The normalized spacial score (nSPS) is 22.2. The molecular weight excluding hydrogens is 324 g/mol. The molecule has 0 saturated heterocycles. The van der Waals surface area contributed by atoms with Crippen LogP contribution in [-0.2, 0) is 12.8 Å².